The summed E-state index contributed by atoms with van der Waals surface area (Å²) in [7, 11) is 1.31. The fourth-order valence-electron chi connectivity index (χ4n) is 5.00. The van der Waals surface area contributed by atoms with Crippen molar-refractivity contribution >= 4 is 34.6 Å². The largest absolute Gasteiger partial charge is 0.350 e. The van der Waals surface area contributed by atoms with E-state index in [4.69, 9.17) is 9.97 Å². The minimum absolute atomic E-state index is 0.177. The van der Waals surface area contributed by atoms with Gasteiger partial charge in [-0.25, -0.2) is 19.5 Å². The lowest BCUT2D eigenvalue weighted by Crippen LogP contribution is -2.56. The molecule has 5 heterocycles. The van der Waals surface area contributed by atoms with Crippen LogP contribution in [0.2, 0.25) is 0 Å². The van der Waals surface area contributed by atoms with Crippen LogP contribution in [0.5, 0.6) is 0 Å². The van der Waals surface area contributed by atoms with Gasteiger partial charge in [0.2, 0.25) is 0 Å². The van der Waals surface area contributed by atoms with Crippen LogP contribution in [0.25, 0.3) is 27.5 Å². The first-order valence-corrected chi connectivity index (χ1v) is 14.3. The summed E-state index contributed by atoms with van der Waals surface area (Å²) in [5, 5.41) is 19.9. The average Bonchev–Trinajstić information content (AvgIpc) is 3.61. The number of anilines is 1. The van der Waals surface area contributed by atoms with Gasteiger partial charge in [-0.2, -0.15) is 5.10 Å². The maximum Gasteiger partial charge on any atom is 0.268 e. The Balaban J connectivity index is 1.53. The van der Waals surface area contributed by atoms with E-state index in [-0.39, 0.29) is 11.9 Å². The number of thiophene rings is 1. The van der Waals surface area contributed by atoms with E-state index in [2.05, 4.69) is 36.1 Å². The third kappa shape index (κ3) is 5.42. The molecule has 0 aromatic carbocycles. The summed E-state index contributed by atoms with van der Waals surface area (Å²) in [4.78, 5) is 40.8. The van der Waals surface area contributed by atoms with Gasteiger partial charge < -0.3 is 10.2 Å². The average molecular weight is 563 g/mol. The first-order chi connectivity index (χ1) is 19.3. The maximum absolute atomic E-state index is 13.4. The number of aromatic nitrogens is 4. The number of amides is 2. The second-order valence-electron chi connectivity index (χ2n) is 9.86. The van der Waals surface area contributed by atoms with Crippen molar-refractivity contribution in [1.29, 1.82) is 0 Å². The lowest BCUT2D eigenvalue weighted by molar-refractivity contribution is -0.162. The summed E-state index contributed by atoms with van der Waals surface area (Å²) in [5.74, 6) is -0.161. The quantitative estimate of drug-likeness (QED) is 0.223. The molecule has 1 fully saturated rings. The summed E-state index contributed by atoms with van der Waals surface area (Å²) in [6, 6.07) is 8.98. The molecule has 11 nitrogen and oxygen atoms in total. The molecule has 12 heteroatoms. The second-order valence-corrected chi connectivity index (χ2v) is 10.8. The molecule has 210 valence electrons. The van der Waals surface area contributed by atoms with Crippen LogP contribution in [-0.2, 0) is 4.79 Å². The lowest BCUT2D eigenvalue weighted by atomic mass is 10.0. The Morgan fingerprint density at radius 1 is 1.20 bits per heavy atom. The van der Waals surface area contributed by atoms with Crippen LogP contribution in [0.1, 0.15) is 37.6 Å². The standard InChI is InChI=1S/C28H34N8O3S/c1-5-34(6-2)18(3)16-29-27(37)19-14-22(31-25(15-19)35-11-10-23(35)28(38)33(4)39)20-17-30-36-12-9-21(32-26(20)36)24-8-7-13-40-24/h7-9,12-15,17-18,23,39H,5-6,10-11,16H2,1-4H3,(H,29,37)/t18-,23-/m0/s1. The Kier molecular flexibility index (Phi) is 8.10. The molecule has 2 N–H and O–H groups in total. The van der Waals surface area contributed by atoms with E-state index < -0.39 is 11.9 Å². The number of nitrogens with one attached hydrogen (secondary N) is 1. The highest BCUT2D eigenvalue weighted by molar-refractivity contribution is 7.13. The predicted octanol–water partition coefficient (Wildman–Crippen LogP) is 3.41. The molecule has 0 unspecified atom stereocenters. The Bertz CT molecular complexity index is 1500. The van der Waals surface area contributed by atoms with Crippen LogP contribution in [0, 0.1) is 0 Å². The smallest absolute Gasteiger partial charge is 0.268 e. The van der Waals surface area contributed by atoms with E-state index >= 15 is 0 Å². The van der Waals surface area contributed by atoms with Gasteiger partial charge in [0.15, 0.2) is 5.65 Å². The SMILES string of the molecule is CCN(CC)[C@@H](C)CNC(=O)c1cc(-c2cnn3ccc(-c4cccs4)nc23)nc(N2CC[C@H]2C(=O)N(C)O)c1. The van der Waals surface area contributed by atoms with Gasteiger partial charge >= 0.3 is 0 Å². The zero-order valence-corrected chi connectivity index (χ0v) is 23.9. The number of pyridine rings is 1. The van der Waals surface area contributed by atoms with E-state index in [0.29, 0.717) is 52.9 Å². The van der Waals surface area contributed by atoms with Gasteiger partial charge in [-0.15, -0.1) is 11.3 Å². The molecule has 1 aliphatic heterocycles. The topological polar surface area (TPSA) is 119 Å². The normalized spacial score (nSPS) is 15.8. The van der Waals surface area contributed by atoms with Crippen molar-refractivity contribution in [2.45, 2.75) is 39.3 Å². The summed E-state index contributed by atoms with van der Waals surface area (Å²) >= 11 is 1.60. The van der Waals surface area contributed by atoms with Crippen molar-refractivity contribution in [2.75, 3.05) is 38.1 Å². The van der Waals surface area contributed by atoms with Gasteiger partial charge in [0.25, 0.3) is 11.8 Å². The van der Waals surface area contributed by atoms with Gasteiger partial charge in [0, 0.05) is 37.9 Å². The molecule has 0 bridgehead atoms. The summed E-state index contributed by atoms with van der Waals surface area (Å²) in [6.45, 7) is 9.17. The van der Waals surface area contributed by atoms with Crippen LogP contribution in [0.4, 0.5) is 5.82 Å². The molecule has 4 aromatic heterocycles. The number of carbonyl (C=O) groups excluding carboxylic acids is 2. The molecular weight excluding hydrogens is 528 g/mol. The van der Waals surface area contributed by atoms with Crippen molar-refractivity contribution in [2.24, 2.45) is 0 Å². The summed E-state index contributed by atoms with van der Waals surface area (Å²) in [6.07, 6.45) is 4.13. The molecule has 1 saturated heterocycles. The van der Waals surface area contributed by atoms with Gasteiger partial charge in [-0.3, -0.25) is 19.7 Å². The van der Waals surface area contributed by atoms with E-state index in [1.54, 1.807) is 34.2 Å². The van der Waals surface area contributed by atoms with Crippen LogP contribution in [0.15, 0.2) is 48.1 Å². The number of hydroxylamine groups is 2. The molecule has 5 rings (SSSR count). The molecule has 2 amide bonds. The summed E-state index contributed by atoms with van der Waals surface area (Å²) < 4.78 is 1.68. The fraction of sp³-hybridized carbons (Fsp3) is 0.393. The molecule has 1 aliphatic rings. The Morgan fingerprint density at radius 3 is 2.65 bits per heavy atom. The number of hydrogen-bond acceptors (Lipinski definition) is 9. The van der Waals surface area contributed by atoms with Crippen molar-refractivity contribution in [3.63, 3.8) is 0 Å². The van der Waals surface area contributed by atoms with Crippen molar-refractivity contribution in [3.05, 3.63) is 53.7 Å². The minimum atomic E-state index is -0.552. The number of carbonyl (C=O) groups is 2. The number of hydrogen-bond donors (Lipinski definition) is 2. The van der Waals surface area contributed by atoms with Crippen LogP contribution < -0.4 is 10.2 Å². The van der Waals surface area contributed by atoms with E-state index in [1.165, 1.54) is 7.05 Å². The predicted molar refractivity (Wildman–Crippen MR) is 155 cm³/mol. The highest BCUT2D eigenvalue weighted by atomic mass is 32.1. The molecule has 0 spiro atoms. The van der Waals surface area contributed by atoms with Crippen LogP contribution >= 0.6 is 11.3 Å². The van der Waals surface area contributed by atoms with Crippen molar-refractivity contribution in [3.8, 4) is 21.8 Å². The van der Waals surface area contributed by atoms with E-state index in [1.807, 2.05) is 34.7 Å². The zero-order chi connectivity index (χ0) is 28.4. The van der Waals surface area contributed by atoms with E-state index in [9.17, 15) is 14.8 Å². The molecular formula is C28H34N8O3S. The monoisotopic (exact) mass is 562 g/mol. The molecule has 0 radical (unpaired) electrons. The molecule has 2 atom stereocenters. The number of nitrogens with zero attached hydrogens (tertiary/aromatic N) is 7. The van der Waals surface area contributed by atoms with Crippen molar-refractivity contribution in [1.82, 2.24) is 34.9 Å². The Labute approximate surface area is 237 Å². The number of fused-ring (bicyclic) bond motifs is 1. The number of rotatable bonds is 10. The van der Waals surface area contributed by atoms with Crippen molar-refractivity contribution < 1.29 is 14.8 Å². The van der Waals surface area contributed by atoms with Gasteiger partial charge in [0.05, 0.1) is 28.0 Å². The van der Waals surface area contributed by atoms with Gasteiger partial charge in [0.1, 0.15) is 11.9 Å². The third-order valence-electron chi connectivity index (χ3n) is 7.40. The van der Waals surface area contributed by atoms with Gasteiger partial charge in [-0.05, 0) is 56.1 Å². The first-order valence-electron chi connectivity index (χ1n) is 13.5. The molecule has 0 aliphatic carbocycles. The van der Waals surface area contributed by atoms with E-state index in [0.717, 1.165) is 23.7 Å². The van der Waals surface area contributed by atoms with Crippen LogP contribution in [-0.4, -0.2) is 91.9 Å². The first kappa shape index (κ1) is 27.7. The van der Waals surface area contributed by atoms with Gasteiger partial charge in [-0.1, -0.05) is 19.9 Å². The maximum atomic E-state index is 13.4. The lowest BCUT2D eigenvalue weighted by Gasteiger charge is -2.41. The zero-order valence-electron chi connectivity index (χ0n) is 23.1. The second kappa shape index (κ2) is 11.7. The minimum Gasteiger partial charge on any atom is -0.350 e. The number of likely N-dealkylation sites (N-methyl/N-ethyl adjacent to an activating group) is 2. The highest BCUT2D eigenvalue weighted by Gasteiger charge is 2.37. The summed E-state index contributed by atoms with van der Waals surface area (Å²) in [5.41, 5.74) is 3.07. The highest BCUT2D eigenvalue weighted by Crippen LogP contribution is 2.32. The molecule has 0 saturated carbocycles. The molecule has 40 heavy (non-hydrogen) atoms. The Hall–Kier alpha value is -3.87. The molecule has 4 aromatic rings. The van der Waals surface area contributed by atoms with Crippen LogP contribution in [0.3, 0.4) is 0 Å². The third-order valence-corrected chi connectivity index (χ3v) is 8.30. The fourth-order valence-corrected chi connectivity index (χ4v) is 5.69. The Morgan fingerprint density at radius 2 is 2.00 bits per heavy atom.